The summed E-state index contributed by atoms with van der Waals surface area (Å²) in [6.07, 6.45) is 9.92. The minimum Gasteiger partial charge on any atom is -0.340 e. The van der Waals surface area contributed by atoms with Gasteiger partial charge in [-0.25, -0.2) is 0 Å². The number of aryl methyl sites for hydroxylation is 3. The van der Waals surface area contributed by atoms with Crippen molar-refractivity contribution in [1.82, 2.24) is 4.57 Å². The topological polar surface area (TPSA) is 4.93 Å². The molecule has 0 amide bonds. The van der Waals surface area contributed by atoms with Crippen LogP contribution in [0.15, 0.2) is 72.8 Å². The van der Waals surface area contributed by atoms with Gasteiger partial charge in [0.05, 0.1) is 0 Å². The predicted molar refractivity (Wildman–Crippen MR) is 175 cm³/mol. The summed E-state index contributed by atoms with van der Waals surface area (Å²) in [6.45, 7) is 12.5. The van der Waals surface area contributed by atoms with Crippen LogP contribution in [0.1, 0.15) is 94.4 Å². The number of rotatable bonds is 10. The minimum atomic E-state index is 0.117. The lowest BCUT2D eigenvalue weighted by Gasteiger charge is -2.32. The summed E-state index contributed by atoms with van der Waals surface area (Å²) in [4.78, 5) is 0. The van der Waals surface area contributed by atoms with Gasteiger partial charge in [-0.15, -0.1) is 0 Å². The summed E-state index contributed by atoms with van der Waals surface area (Å²) in [6, 6.07) is 28.7. The van der Waals surface area contributed by atoms with Crippen LogP contribution in [0.25, 0.3) is 44.1 Å². The van der Waals surface area contributed by atoms with Crippen LogP contribution in [0.2, 0.25) is 0 Å². The van der Waals surface area contributed by atoms with E-state index in [-0.39, 0.29) is 5.41 Å². The number of aromatic nitrogens is 1. The van der Waals surface area contributed by atoms with Gasteiger partial charge in [0.15, 0.2) is 0 Å². The molecule has 0 atom stereocenters. The van der Waals surface area contributed by atoms with E-state index in [2.05, 4.69) is 112 Å². The normalized spacial score (nSPS) is 13.7. The van der Waals surface area contributed by atoms with E-state index in [1.165, 1.54) is 107 Å². The Morgan fingerprint density at radius 1 is 0.550 bits per heavy atom. The van der Waals surface area contributed by atoms with Gasteiger partial charge in [-0.1, -0.05) is 113 Å². The molecular weight excluding hydrogens is 482 g/mol. The van der Waals surface area contributed by atoms with E-state index in [0.29, 0.717) is 0 Å². The van der Waals surface area contributed by atoms with Gasteiger partial charge in [-0.05, 0) is 90.3 Å². The van der Waals surface area contributed by atoms with Gasteiger partial charge in [0.25, 0.3) is 0 Å². The third-order valence-corrected chi connectivity index (χ3v) is 9.46. The SMILES string of the molecule is CCCCCCn1c2cc(C)ccc2c2ccc(-c3ccc4c(c3)C(CCC)(CCC)c3cc(C)ccc3-4)cc21. The summed E-state index contributed by atoms with van der Waals surface area (Å²) in [5.41, 5.74) is 14.3. The van der Waals surface area contributed by atoms with Crippen LogP contribution in [0.3, 0.4) is 0 Å². The van der Waals surface area contributed by atoms with E-state index in [1.54, 1.807) is 11.1 Å². The Labute approximate surface area is 241 Å². The standard InChI is InChI=1S/C39H45N/c1-6-9-10-11-22-40-37-24-28(5)13-17-33(37)34-19-15-30(26-38(34)40)29-14-18-32-31-16-12-27(4)23-35(31)39(20-7-2,21-8-3)36(32)25-29/h12-19,23-26H,6-11,20-22H2,1-5H3. The fourth-order valence-corrected chi connectivity index (χ4v) is 7.63. The zero-order chi connectivity index (χ0) is 27.9. The van der Waals surface area contributed by atoms with Crippen LogP contribution in [0.4, 0.5) is 0 Å². The molecule has 1 aromatic heterocycles. The molecule has 1 heteroatoms. The van der Waals surface area contributed by atoms with Gasteiger partial charge in [0.2, 0.25) is 0 Å². The van der Waals surface area contributed by atoms with Gasteiger partial charge >= 0.3 is 0 Å². The van der Waals surface area contributed by atoms with Crippen molar-refractivity contribution in [3.05, 3.63) is 95.1 Å². The van der Waals surface area contributed by atoms with Crippen LogP contribution in [-0.4, -0.2) is 4.57 Å². The van der Waals surface area contributed by atoms with Crippen LogP contribution in [0, 0.1) is 13.8 Å². The van der Waals surface area contributed by atoms with Crippen molar-refractivity contribution >= 4 is 21.8 Å². The number of fused-ring (bicyclic) bond motifs is 6. The maximum absolute atomic E-state index is 2.60. The number of nitrogens with zero attached hydrogens (tertiary/aromatic N) is 1. The molecule has 40 heavy (non-hydrogen) atoms. The van der Waals surface area contributed by atoms with E-state index in [1.807, 2.05) is 0 Å². The number of unbranched alkanes of at least 4 members (excludes halogenated alkanes) is 3. The monoisotopic (exact) mass is 527 g/mol. The molecule has 4 aromatic carbocycles. The summed E-state index contributed by atoms with van der Waals surface area (Å²) >= 11 is 0. The third-order valence-electron chi connectivity index (χ3n) is 9.46. The lowest BCUT2D eigenvalue weighted by molar-refractivity contribution is 0.436. The Hall–Kier alpha value is -3.32. The van der Waals surface area contributed by atoms with Crippen molar-refractivity contribution in [3.63, 3.8) is 0 Å². The first-order valence-corrected chi connectivity index (χ1v) is 15.8. The Balaban J connectivity index is 1.50. The molecule has 0 fully saturated rings. The smallest absolute Gasteiger partial charge is 0.0497 e. The van der Waals surface area contributed by atoms with Crippen LogP contribution < -0.4 is 0 Å². The van der Waals surface area contributed by atoms with Gasteiger partial charge in [0.1, 0.15) is 0 Å². The van der Waals surface area contributed by atoms with Crippen molar-refractivity contribution in [2.24, 2.45) is 0 Å². The molecule has 0 aliphatic heterocycles. The van der Waals surface area contributed by atoms with Crippen molar-refractivity contribution in [3.8, 4) is 22.3 Å². The molecule has 0 radical (unpaired) electrons. The second kappa shape index (κ2) is 10.9. The number of benzene rings is 4. The first kappa shape index (κ1) is 26.9. The van der Waals surface area contributed by atoms with Crippen molar-refractivity contribution < 1.29 is 0 Å². The maximum atomic E-state index is 2.60. The lowest BCUT2D eigenvalue weighted by Crippen LogP contribution is -2.25. The average Bonchev–Trinajstić information content (AvgIpc) is 3.40. The highest BCUT2D eigenvalue weighted by molar-refractivity contribution is 6.09. The highest BCUT2D eigenvalue weighted by atomic mass is 15.0. The van der Waals surface area contributed by atoms with Gasteiger partial charge in [-0.3, -0.25) is 0 Å². The van der Waals surface area contributed by atoms with Crippen molar-refractivity contribution in [1.29, 1.82) is 0 Å². The predicted octanol–water partition coefficient (Wildman–Crippen LogP) is 11.5. The summed E-state index contributed by atoms with van der Waals surface area (Å²) < 4.78 is 2.60. The maximum Gasteiger partial charge on any atom is 0.0497 e. The Bertz CT molecular complexity index is 1680. The Morgan fingerprint density at radius 2 is 1.12 bits per heavy atom. The quantitative estimate of drug-likeness (QED) is 0.159. The van der Waals surface area contributed by atoms with Crippen LogP contribution >= 0.6 is 0 Å². The number of hydrogen-bond acceptors (Lipinski definition) is 0. The molecule has 0 saturated heterocycles. The lowest BCUT2D eigenvalue weighted by atomic mass is 9.71. The molecule has 1 aliphatic carbocycles. The van der Waals surface area contributed by atoms with E-state index in [4.69, 9.17) is 0 Å². The molecule has 1 nitrogen and oxygen atoms in total. The van der Waals surface area contributed by atoms with Gasteiger partial charge < -0.3 is 4.57 Å². The first-order chi connectivity index (χ1) is 19.5. The van der Waals surface area contributed by atoms with E-state index in [9.17, 15) is 0 Å². The first-order valence-electron chi connectivity index (χ1n) is 15.8. The Morgan fingerprint density at radius 3 is 1.85 bits per heavy atom. The second-order valence-corrected chi connectivity index (χ2v) is 12.4. The van der Waals surface area contributed by atoms with Crippen molar-refractivity contribution in [2.45, 2.75) is 97.9 Å². The number of hydrogen-bond donors (Lipinski definition) is 0. The van der Waals surface area contributed by atoms with Gasteiger partial charge in [0, 0.05) is 33.8 Å². The average molecular weight is 528 g/mol. The molecule has 0 saturated carbocycles. The molecule has 206 valence electrons. The van der Waals surface area contributed by atoms with Gasteiger partial charge in [-0.2, -0.15) is 0 Å². The van der Waals surface area contributed by atoms with E-state index < -0.39 is 0 Å². The fourth-order valence-electron chi connectivity index (χ4n) is 7.63. The molecule has 1 aliphatic rings. The fraction of sp³-hybridized carbons (Fsp3) is 0.385. The van der Waals surface area contributed by atoms with Crippen LogP contribution in [0.5, 0.6) is 0 Å². The zero-order valence-electron chi connectivity index (χ0n) is 25.2. The van der Waals surface area contributed by atoms with E-state index >= 15 is 0 Å². The zero-order valence-corrected chi connectivity index (χ0v) is 25.2. The second-order valence-electron chi connectivity index (χ2n) is 12.4. The largest absolute Gasteiger partial charge is 0.340 e. The summed E-state index contributed by atoms with van der Waals surface area (Å²) in [5.74, 6) is 0. The van der Waals surface area contributed by atoms with Crippen LogP contribution in [-0.2, 0) is 12.0 Å². The Kier molecular flexibility index (Phi) is 7.34. The third kappa shape index (κ3) is 4.39. The van der Waals surface area contributed by atoms with E-state index in [0.717, 1.165) is 6.54 Å². The molecular formula is C39H45N. The molecule has 0 N–H and O–H groups in total. The highest BCUT2D eigenvalue weighted by Crippen LogP contribution is 2.54. The molecule has 0 bridgehead atoms. The molecule has 6 rings (SSSR count). The highest BCUT2D eigenvalue weighted by Gasteiger charge is 2.41. The van der Waals surface area contributed by atoms with Crippen molar-refractivity contribution in [2.75, 3.05) is 0 Å². The molecule has 5 aromatic rings. The molecule has 0 spiro atoms. The minimum absolute atomic E-state index is 0.117. The molecule has 0 unspecified atom stereocenters. The molecule has 1 heterocycles. The summed E-state index contributed by atoms with van der Waals surface area (Å²) in [5, 5.41) is 2.76. The summed E-state index contributed by atoms with van der Waals surface area (Å²) in [7, 11) is 0.